The topological polar surface area (TPSA) is 69.6 Å². The van der Waals surface area contributed by atoms with Crippen molar-refractivity contribution >= 4 is 5.69 Å². The first-order chi connectivity index (χ1) is 10.1. The molecule has 0 aliphatic heterocycles. The maximum absolute atomic E-state index is 5.99. The van der Waals surface area contributed by atoms with Crippen molar-refractivity contribution in [3.63, 3.8) is 0 Å². The van der Waals surface area contributed by atoms with E-state index in [1.54, 1.807) is 0 Å². The van der Waals surface area contributed by atoms with Gasteiger partial charge in [0.1, 0.15) is 0 Å². The highest BCUT2D eigenvalue weighted by Gasteiger charge is 2.14. The number of nitrogen functional groups attached to an aromatic ring is 1. The standard InChI is InChI=1S/C16H25N5/c1-4-5-6-7-8-13(3)21-16(18-19-20-21)14-10-9-12(2)15(17)11-14/h9-11,13H,4-8,17H2,1-3H3. The molecular weight excluding hydrogens is 262 g/mol. The van der Waals surface area contributed by atoms with Crippen LogP contribution in [-0.4, -0.2) is 20.2 Å². The van der Waals surface area contributed by atoms with Gasteiger partial charge in [-0.1, -0.05) is 44.7 Å². The molecule has 0 bridgehead atoms. The van der Waals surface area contributed by atoms with Crippen LogP contribution in [0.15, 0.2) is 18.2 Å². The molecule has 1 aromatic carbocycles. The molecule has 0 radical (unpaired) electrons. The zero-order valence-electron chi connectivity index (χ0n) is 13.2. The van der Waals surface area contributed by atoms with E-state index in [-0.39, 0.29) is 0 Å². The molecule has 2 aromatic rings. The lowest BCUT2D eigenvalue weighted by Crippen LogP contribution is -2.09. The first-order valence-corrected chi connectivity index (χ1v) is 7.77. The Hall–Kier alpha value is -1.91. The number of hydrogen-bond donors (Lipinski definition) is 1. The molecule has 0 aliphatic rings. The van der Waals surface area contributed by atoms with Gasteiger partial charge in [-0.2, -0.15) is 0 Å². The van der Waals surface area contributed by atoms with Gasteiger partial charge in [0.2, 0.25) is 0 Å². The Morgan fingerprint density at radius 2 is 2.05 bits per heavy atom. The molecular formula is C16H25N5. The lowest BCUT2D eigenvalue weighted by Gasteiger charge is -2.13. The van der Waals surface area contributed by atoms with E-state index in [2.05, 4.69) is 29.4 Å². The second-order valence-corrected chi connectivity index (χ2v) is 5.72. The fourth-order valence-electron chi connectivity index (χ4n) is 2.45. The highest BCUT2D eigenvalue weighted by Crippen LogP contribution is 2.25. The van der Waals surface area contributed by atoms with Crippen molar-refractivity contribution in [2.24, 2.45) is 0 Å². The van der Waals surface area contributed by atoms with Crippen molar-refractivity contribution in [2.45, 2.75) is 58.9 Å². The van der Waals surface area contributed by atoms with E-state index in [0.717, 1.165) is 29.1 Å². The molecule has 114 valence electrons. The van der Waals surface area contributed by atoms with Crippen LogP contribution >= 0.6 is 0 Å². The van der Waals surface area contributed by atoms with Crippen LogP contribution in [0, 0.1) is 6.92 Å². The summed E-state index contributed by atoms with van der Waals surface area (Å²) in [5, 5.41) is 12.2. The largest absolute Gasteiger partial charge is 0.398 e. The number of unbranched alkanes of at least 4 members (excludes halogenated alkanes) is 3. The predicted molar refractivity (Wildman–Crippen MR) is 85.9 cm³/mol. The molecule has 0 aliphatic carbocycles. The van der Waals surface area contributed by atoms with Crippen molar-refractivity contribution in [2.75, 3.05) is 5.73 Å². The van der Waals surface area contributed by atoms with Crippen molar-refractivity contribution in [3.8, 4) is 11.4 Å². The van der Waals surface area contributed by atoms with Gasteiger partial charge in [-0.05, 0) is 42.3 Å². The second kappa shape index (κ2) is 7.20. The van der Waals surface area contributed by atoms with E-state index in [0.29, 0.717) is 6.04 Å². The molecule has 1 unspecified atom stereocenters. The van der Waals surface area contributed by atoms with Crippen LogP contribution in [0.3, 0.4) is 0 Å². The summed E-state index contributed by atoms with van der Waals surface area (Å²) in [6.45, 7) is 6.40. The average Bonchev–Trinajstić information content (AvgIpc) is 2.96. The van der Waals surface area contributed by atoms with E-state index >= 15 is 0 Å². The van der Waals surface area contributed by atoms with E-state index in [1.165, 1.54) is 25.7 Å². The molecule has 1 atom stereocenters. The zero-order chi connectivity index (χ0) is 15.2. The average molecular weight is 287 g/mol. The van der Waals surface area contributed by atoms with E-state index < -0.39 is 0 Å². The van der Waals surface area contributed by atoms with Crippen LogP contribution in [-0.2, 0) is 0 Å². The smallest absolute Gasteiger partial charge is 0.182 e. The Balaban J connectivity index is 2.12. The monoisotopic (exact) mass is 287 g/mol. The van der Waals surface area contributed by atoms with Crippen LogP contribution in [0.5, 0.6) is 0 Å². The molecule has 0 spiro atoms. The summed E-state index contributed by atoms with van der Waals surface area (Å²) in [6.07, 6.45) is 6.14. The fraction of sp³-hybridized carbons (Fsp3) is 0.562. The summed E-state index contributed by atoms with van der Waals surface area (Å²) in [6, 6.07) is 6.28. The van der Waals surface area contributed by atoms with E-state index in [9.17, 15) is 0 Å². The molecule has 21 heavy (non-hydrogen) atoms. The SMILES string of the molecule is CCCCCCC(C)n1nnnc1-c1ccc(C)c(N)c1. The highest BCUT2D eigenvalue weighted by molar-refractivity contribution is 5.63. The number of aryl methyl sites for hydroxylation is 1. The quantitative estimate of drug-likeness (QED) is 0.621. The van der Waals surface area contributed by atoms with Crippen LogP contribution in [0.2, 0.25) is 0 Å². The van der Waals surface area contributed by atoms with Crippen molar-refractivity contribution in [1.82, 2.24) is 20.2 Å². The number of nitrogens with zero attached hydrogens (tertiary/aromatic N) is 4. The Labute approximate surface area is 126 Å². The minimum Gasteiger partial charge on any atom is -0.398 e. The highest BCUT2D eigenvalue weighted by atomic mass is 15.5. The van der Waals surface area contributed by atoms with Gasteiger partial charge >= 0.3 is 0 Å². The summed E-state index contributed by atoms with van der Waals surface area (Å²) >= 11 is 0. The minimum absolute atomic E-state index is 0.300. The van der Waals surface area contributed by atoms with Gasteiger partial charge in [0.25, 0.3) is 0 Å². The van der Waals surface area contributed by atoms with Crippen molar-refractivity contribution in [1.29, 1.82) is 0 Å². The third-order valence-corrected chi connectivity index (χ3v) is 3.92. The first kappa shape index (κ1) is 15.5. The number of hydrogen-bond acceptors (Lipinski definition) is 4. The molecule has 1 heterocycles. The third kappa shape index (κ3) is 3.80. The lowest BCUT2D eigenvalue weighted by atomic mass is 10.1. The van der Waals surface area contributed by atoms with E-state index in [1.807, 2.05) is 29.8 Å². The summed E-state index contributed by atoms with van der Waals surface area (Å²) in [5.41, 5.74) is 8.81. The van der Waals surface area contributed by atoms with Crippen LogP contribution in [0.25, 0.3) is 11.4 Å². The third-order valence-electron chi connectivity index (χ3n) is 3.92. The Kier molecular flexibility index (Phi) is 5.31. The Morgan fingerprint density at radius 3 is 2.76 bits per heavy atom. The van der Waals surface area contributed by atoms with Gasteiger partial charge in [0.05, 0.1) is 6.04 Å². The number of tetrazole rings is 1. The van der Waals surface area contributed by atoms with Gasteiger partial charge in [0, 0.05) is 11.3 Å². The summed E-state index contributed by atoms with van der Waals surface area (Å²) in [7, 11) is 0. The van der Waals surface area contributed by atoms with Gasteiger partial charge in [0.15, 0.2) is 5.82 Å². The summed E-state index contributed by atoms with van der Waals surface area (Å²) in [5.74, 6) is 0.796. The van der Waals surface area contributed by atoms with Gasteiger partial charge in [-0.25, -0.2) is 4.68 Å². The second-order valence-electron chi connectivity index (χ2n) is 5.72. The maximum atomic E-state index is 5.99. The van der Waals surface area contributed by atoms with Crippen molar-refractivity contribution < 1.29 is 0 Å². The molecule has 5 nitrogen and oxygen atoms in total. The fourth-order valence-corrected chi connectivity index (χ4v) is 2.45. The van der Waals surface area contributed by atoms with Crippen molar-refractivity contribution in [3.05, 3.63) is 23.8 Å². The van der Waals surface area contributed by atoms with E-state index in [4.69, 9.17) is 5.73 Å². The number of aromatic nitrogens is 4. The normalized spacial score (nSPS) is 12.5. The first-order valence-electron chi connectivity index (χ1n) is 7.77. The zero-order valence-corrected chi connectivity index (χ0v) is 13.2. The minimum atomic E-state index is 0.300. The van der Waals surface area contributed by atoms with Gasteiger partial charge in [-0.15, -0.1) is 5.10 Å². The Morgan fingerprint density at radius 1 is 1.24 bits per heavy atom. The molecule has 2 N–H and O–H groups in total. The molecule has 0 amide bonds. The summed E-state index contributed by atoms with van der Waals surface area (Å²) in [4.78, 5) is 0. The molecule has 0 fully saturated rings. The number of anilines is 1. The lowest BCUT2D eigenvalue weighted by molar-refractivity contribution is 0.430. The number of rotatable bonds is 7. The van der Waals surface area contributed by atoms with Crippen LogP contribution in [0.1, 0.15) is 57.6 Å². The van der Waals surface area contributed by atoms with Gasteiger partial charge < -0.3 is 5.73 Å². The molecule has 0 saturated carbocycles. The molecule has 0 saturated heterocycles. The molecule has 5 heteroatoms. The van der Waals surface area contributed by atoms with Crippen LogP contribution < -0.4 is 5.73 Å². The predicted octanol–water partition coefficient (Wildman–Crippen LogP) is 3.76. The Bertz CT molecular complexity index is 576. The summed E-state index contributed by atoms with van der Waals surface area (Å²) < 4.78 is 1.91. The van der Waals surface area contributed by atoms with Gasteiger partial charge in [-0.3, -0.25) is 0 Å². The number of nitrogens with two attached hydrogens (primary N) is 1. The number of benzene rings is 1. The maximum Gasteiger partial charge on any atom is 0.182 e. The molecule has 2 rings (SSSR count). The van der Waals surface area contributed by atoms with Crippen LogP contribution in [0.4, 0.5) is 5.69 Å². The molecule has 1 aromatic heterocycles.